The Kier molecular flexibility index (Phi) is 4.46. The maximum Gasteiger partial charge on any atom is 0.138 e. The maximum atomic E-state index is 4.20. The van der Waals surface area contributed by atoms with E-state index < -0.39 is 0 Å². The predicted molar refractivity (Wildman–Crippen MR) is 52.6 cm³/mol. The predicted octanol–water partition coefficient (Wildman–Crippen LogP) is 0.840. The molecule has 0 amide bonds. The summed E-state index contributed by atoms with van der Waals surface area (Å²) in [7, 11) is 0. The van der Waals surface area contributed by atoms with Crippen molar-refractivity contribution < 1.29 is 0 Å². The molecule has 0 aliphatic rings. The van der Waals surface area contributed by atoms with Gasteiger partial charge in [-0.05, 0) is 19.9 Å². The van der Waals surface area contributed by atoms with Gasteiger partial charge >= 0.3 is 0 Å². The van der Waals surface area contributed by atoms with Crippen LogP contribution in [0.25, 0.3) is 0 Å². The van der Waals surface area contributed by atoms with Crippen molar-refractivity contribution in [3.63, 3.8) is 0 Å². The van der Waals surface area contributed by atoms with Crippen LogP contribution in [0.2, 0.25) is 0 Å². The Morgan fingerprint density at radius 2 is 2.23 bits per heavy atom. The Morgan fingerprint density at radius 1 is 1.38 bits per heavy atom. The first-order valence-electron chi connectivity index (χ1n) is 4.95. The summed E-state index contributed by atoms with van der Waals surface area (Å²) in [5, 5.41) is 7.45. The molecule has 74 valence electrons. The number of nitrogens with one attached hydrogen (secondary N) is 1. The highest BCUT2D eigenvalue weighted by atomic mass is 15.3. The van der Waals surface area contributed by atoms with Crippen molar-refractivity contribution in [1.29, 1.82) is 0 Å². The molecule has 0 aliphatic carbocycles. The quantitative estimate of drug-likeness (QED) is 0.663. The average molecular weight is 182 g/mol. The van der Waals surface area contributed by atoms with Gasteiger partial charge in [-0.2, -0.15) is 5.10 Å². The standard InChI is InChI=1S/C9H18N4/c1-3-6-10-7-5-9-11-8-12-13(9)4-2/h8,10H,3-7H2,1-2H3. The van der Waals surface area contributed by atoms with Crippen molar-refractivity contribution in [2.24, 2.45) is 0 Å². The minimum Gasteiger partial charge on any atom is -0.316 e. The maximum absolute atomic E-state index is 4.20. The number of aryl methyl sites for hydroxylation is 1. The molecule has 0 spiro atoms. The van der Waals surface area contributed by atoms with Crippen LogP contribution >= 0.6 is 0 Å². The number of aromatic nitrogens is 3. The average Bonchev–Trinajstić information content (AvgIpc) is 2.60. The van der Waals surface area contributed by atoms with Crippen molar-refractivity contribution in [3.8, 4) is 0 Å². The molecule has 0 aliphatic heterocycles. The lowest BCUT2D eigenvalue weighted by Gasteiger charge is -2.03. The SMILES string of the molecule is CCCNCCc1ncnn1CC. The van der Waals surface area contributed by atoms with Gasteiger partial charge in [-0.25, -0.2) is 4.98 Å². The van der Waals surface area contributed by atoms with Gasteiger partial charge < -0.3 is 5.32 Å². The van der Waals surface area contributed by atoms with Crippen molar-refractivity contribution in [3.05, 3.63) is 12.2 Å². The normalized spacial score (nSPS) is 10.6. The lowest BCUT2D eigenvalue weighted by atomic mass is 10.4. The van der Waals surface area contributed by atoms with Gasteiger partial charge in [-0.3, -0.25) is 4.68 Å². The summed E-state index contributed by atoms with van der Waals surface area (Å²) in [6, 6.07) is 0. The van der Waals surface area contributed by atoms with Crippen LogP contribution in [0, 0.1) is 0 Å². The fraction of sp³-hybridized carbons (Fsp3) is 0.778. The van der Waals surface area contributed by atoms with Gasteiger partial charge in [-0.15, -0.1) is 0 Å². The number of nitrogens with zero attached hydrogens (tertiary/aromatic N) is 3. The van der Waals surface area contributed by atoms with Crippen LogP contribution in [-0.2, 0) is 13.0 Å². The van der Waals surface area contributed by atoms with E-state index in [2.05, 4.69) is 29.2 Å². The van der Waals surface area contributed by atoms with E-state index >= 15 is 0 Å². The second-order valence-corrected chi connectivity index (χ2v) is 2.99. The summed E-state index contributed by atoms with van der Waals surface area (Å²) >= 11 is 0. The molecule has 0 saturated heterocycles. The molecule has 0 fully saturated rings. The lowest BCUT2D eigenvalue weighted by Crippen LogP contribution is -2.19. The van der Waals surface area contributed by atoms with Gasteiger partial charge in [0.05, 0.1) is 0 Å². The van der Waals surface area contributed by atoms with Crippen LogP contribution in [0.3, 0.4) is 0 Å². The second kappa shape index (κ2) is 5.70. The van der Waals surface area contributed by atoms with Gasteiger partial charge in [0.25, 0.3) is 0 Å². The Labute approximate surface area is 79.4 Å². The number of hydrogen-bond acceptors (Lipinski definition) is 3. The fourth-order valence-corrected chi connectivity index (χ4v) is 1.25. The highest BCUT2D eigenvalue weighted by Gasteiger charge is 2.00. The van der Waals surface area contributed by atoms with E-state index in [0.717, 1.165) is 31.9 Å². The van der Waals surface area contributed by atoms with E-state index in [1.54, 1.807) is 6.33 Å². The molecule has 4 heteroatoms. The van der Waals surface area contributed by atoms with E-state index in [0.29, 0.717) is 0 Å². The van der Waals surface area contributed by atoms with E-state index in [-0.39, 0.29) is 0 Å². The van der Waals surface area contributed by atoms with Gasteiger partial charge in [0.15, 0.2) is 0 Å². The summed E-state index contributed by atoms with van der Waals surface area (Å²) in [5.41, 5.74) is 0. The zero-order chi connectivity index (χ0) is 9.52. The summed E-state index contributed by atoms with van der Waals surface area (Å²) < 4.78 is 1.94. The van der Waals surface area contributed by atoms with E-state index in [1.807, 2.05) is 4.68 Å². The first kappa shape index (κ1) is 10.2. The molecule has 0 saturated carbocycles. The van der Waals surface area contributed by atoms with E-state index in [9.17, 15) is 0 Å². The first-order valence-corrected chi connectivity index (χ1v) is 4.95. The molecule has 0 unspecified atom stereocenters. The van der Waals surface area contributed by atoms with Gasteiger partial charge in [0.2, 0.25) is 0 Å². The minimum atomic E-state index is 0.906. The van der Waals surface area contributed by atoms with Gasteiger partial charge in [0.1, 0.15) is 12.2 Å². The van der Waals surface area contributed by atoms with Gasteiger partial charge in [-0.1, -0.05) is 6.92 Å². The third-order valence-electron chi connectivity index (χ3n) is 1.95. The highest BCUT2D eigenvalue weighted by molar-refractivity contribution is 4.84. The smallest absolute Gasteiger partial charge is 0.138 e. The molecule has 1 aromatic heterocycles. The summed E-state index contributed by atoms with van der Waals surface area (Å²) in [6.45, 7) is 7.23. The Bertz CT molecular complexity index is 231. The number of hydrogen-bond donors (Lipinski definition) is 1. The molecule has 0 bridgehead atoms. The summed E-state index contributed by atoms with van der Waals surface area (Å²) in [6.07, 6.45) is 3.77. The van der Waals surface area contributed by atoms with Crippen LogP contribution in [0.1, 0.15) is 26.1 Å². The van der Waals surface area contributed by atoms with Crippen LogP contribution in [0.4, 0.5) is 0 Å². The van der Waals surface area contributed by atoms with Crippen LogP contribution in [0.5, 0.6) is 0 Å². The third-order valence-corrected chi connectivity index (χ3v) is 1.95. The van der Waals surface area contributed by atoms with Crippen LogP contribution in [-0.4, -0.2) is 27.9 Å². The molecule has 1 rings (SSSR count). The van der Waals surface area contributed by atoms with E-state index in [4.69, 9.17) is 0 Å². The fourth-order valence-electron chi connectivity index (χ4n) is 1.25. The highest BCUT2D eigenvalue weighted by Crippen LogP contribution is 1.93. The summed E-state index contributed by atoms with van der Waals surface area (Å²) in [5.74, 6) is 1.08. The molecule has 1 aromatic rings. The number of rotatable bonds is 6. The Balaban J connectivity index is 2.27. The molecule has 13 heavy (non-hydrogen) atoms. The molecule has 1 heterocycles. The van der Waals surface area contributed by atoms with Crippen LogP contribution in [0.15, 0.2) is 6.33 Å². The third kappa shape index (κ3) is 3.14. The zero-order valence-corrected chi connectivity index (χ0v) is 8.45. The molecule has 1 N–H and O–H groups in total. The Morgan fingerprint density at radius 3 is 2.92 bits per heavy atom. The minimum absolute atomic E-state index is 0.906. The largest absolute Gasteiger partial charge is 0.316 e. The molecule has 4 nitrogen and oxygen atoms in total. The van der Waals surface area contributed by atoms with E-state index in [1.165, 1.54) is 6.42 Å². The van der Waals surface area contributed by atoms with Crippen molar-refractivity contribution in [2.45, 2.75) is 33.2 Å². The topological polar surface area (TPSA) is 42.7 Å². The van der Waals surface area contributed by atoms with Crippen molar-refractivity contribution in [1.82, 2.24) is 20.1 Å². The molecule has 0 aromatic carbocycles. The van der Waals surface area contributed by atoms with Crippen molar-refractivity contribution in [2.75, 3.05) is 13.1 Å². The second-order valence-electron chi connectivity index (χ2n) is 2.99. The zero-order valence-electron chi connectivity index (χ0n) is 8.45. The van der Waals surface area contributed by atoms with Crippen LogP contribution < -0.4 is 5.32 Å². The molecular formula is C9H18N4. The molecule has 0 radical (unpaired) electrons. The Hall–Kier alpha value is -0.900. The van der Waals surface area contributed by atoms with Crippen molar-refractivity contribution >= 4 is 0 Å². The monoisotopic (exact) mass is 182 g/mol. The molecular weight excluding hydrogens is 164 g/mol. The van der Waals surface area contributed by atoms with Gasteiger partial charge in [0, 0.05) is 19.5 Å². The first-order chi connectivity index (χ1) is 6.38. The summed E-state index contributed by atoms with van der Waals surface area (Å²) in [4.78, 5) is 4.20. The lowest BCUT2D eigenvalue weighted by molar-refractivity contribution is 0.588. The molecule has 0 atom stereocenters.